The van der Waals surface area contributed by atoms with Crippen LogP contribution in [0.25, 0.3) is 33.8 Å². The van der Waals surface area contributed by atoms with Crippen LogP contribution in [0, 0.1) is 5.82 Å². The minimum Gasteiger partial charge on any atom is -0.370 e. The third-order valence-electron chi connectivity index (χ3n) is 7.47. The molecule has 1 N–H and O–H groups in total. The van der Waals surface area contributed by atoms with Gasteiger partial charge in [-0.25, -0.2) is 18.7 Å². The summed E-state index contributed by atoms with van der Waals surface area (Å²) in [6, 6.07) is 10.6. The third-order valence-corrected chi connectivity index (χ3v) is 7.47. The number of carbonyl (C=O) groups excluding carboxylic acids is 1. The molecule has 0 aliphatic carbocycles. The molecule has 0 unspecified atom stereocenters. The molecule has 9 nitrogen and oxygen atoms in total. The number of anilines is 1. The van der Waals surface area contributed by atoms with E-state index in [2.05, 4.69) is 35.0 Å². The van der Waals surface area contributed by atoms with E-state index in [9.17, 15) is 9.18 Å². The van der Waals surface area contributed by atoms with Gasteiger partial charge in [-0.3, -0.25) is 9.78 Å². The van der Waals surface area contributed by atoms with Crippen LogP contribution in [0.4, 0.5) is 14.5 Å². The lowest BCUT2D eigenvalue weighted by molar-refractivity contribution is 0.0969. The van der Waals surface area contributed by atoms with Crippen molar-refractivity contribution < 1.29 is 18.1 Å². The van der Waals surface area contributed by atoms with E-state index < -0.39 is 12.0 Å². The van der Waals surface area contributed by atoms with E-state index in [-0.39, 0.29) is 29.9 Å². The summed E-state index contributed by atoms with van der Waals surface area (Å²) in [6.07, 6.45) is 3.99. The third kappa shape index (κ3) is 5.63. The summed E-state index contributed by atoms with van der Waals surface area (Å²) in [5, 5.41) is 3.79. The van der Waals surface area contributed by atoms with Crippen molar-refractivity contribution in [3.63, 3.8) is 0 Å². The topological polar surface area (TPSA) is 114 Å². The van der Waals surface area contributed by atoms with Crippen LogP contribution in [-0.4, -0.2) is 55.1 Å². The summed E-state index contributed by atoms with van der Waals surface area (Å²) in [6.45, 7) is 7.09. The number of aromatic nitrogens is 6. The van der Waals surface area contributed by atoms with Crippen molar-refractivity contribution in [3.05, 3.63) is 71.9 Å². The number of rotatable bonds is 7. The van der Waals surface area contributed by atoms with Gasteiger partial charge in [0.15, 0.2) is 11.5 Å². The van der Waals surface area contributed by atoms with Crippen LogP contribution in [0.3, 0.4) is 0 Å². The molecule has 1 fully saturated rings. The van der Waals surface area contributed by atoms with Gasteiger partial charge in [0.1, 0.15) is 17.7 Å². The van der Waals surface area contributed by atoms with E-state index in [1.54, 1.807) is 24.5 Å². The van der Waals surface area contributed by atoms with E-state index in [0.717, 1.165) is 11.3 Å². The minimum absolute atomic E-state index is 0.0109. The van der Waals surface area contributed by atoms with E-state index >= 15 is 4.39 Å². The monoisotopic (exact) mass is 571 g/mol. The number of nitrogens with zero attached hydrogens (tertiary/aromatic N) is 6. The predicted octanol–water partition coefficient (Wildman–Crippen LogP) is 6.26. The van der Waals surface area contributed by atoms with Crippen molar-refractivity contribution in [2.45, 2.75) is 58.0 Å². The fraction of sp³-hybridized carbons (Fsp3) is 0.355. The Kier molecular flexibility index (Phi) is 7.26. The summed E-state index contributed by atoms with van der Waals surface area (Å²) in [7, 11) is 0. The van der Waals surface area contributed by atoms with Gasteiger partial charge in [-0.15, -0.1) is 0 Å². The number of aromatic amines is 1. The fourth-order valence-corrected chi connectivity index (χ4v) is 5.01. The smallest absolute Gasteiger partial charge is 0.238 e. The number of halogens is 2. The number of imidazole rings is 1. The molecule has 0 saturated carbocycles. The second kappa shape index (κ2) is 11.0. The van der Waals surface area contributed by atoms with Crippen molar-refractivity contribution in [1.29, 1.82) is 0 Å². The Morgan fingerprint density at radius 1 is 1.10 bits per heavy atom. The molecular formula is C31H31F2N7O2. The lowest BCUT2D eigenvalue weighted by atomic mass is 9.97. The molecule has 1 aliphatic rings. The molecule has 6 rings (SSSR count). The number of carbonyl (C=O) groups is 1. The molecule has 1 saturated heterocycles. The number of H-pyrrole nitrogens is 1. The van der Waals surface area contributed by atoms with Gasteiger partial charge >= 0.3 is 0 Å². The number of aryl methyl sites for hydroxylation is 1. The van der Waals surface area contributed by atoms with Gasteiger partial charge in [-0.05, 0) is 54.7 Å². The number of pyridine rings is 2. The number of Topliss-reactive ketones (excluding diaryl/α,β-unsaturated/α-hetero) is 1. The van der Waals surface area contributed by atoms with Crippen LogP contribution >= 0.6 is 0 Å². The molecular weight excluding hydrogens is 540 g/mol. The van der Waals surface area contributed by atoms with Gasteiger partial charge in [-0.1, -0.05) is 38.1 Å². The maximum absolute atomic E-state index is 15.2. The molecule has 216 valence electrons. The molecule has 4 aromatic heterocycles. The van der Waals surface area contributed by atoms with Gasteiger partial charge in [-0.2, -0.15) is 4.98 Å². The van der Waals surface area contributed by atoms with Crippen LogP contribution < -0.4 is 4.90 Å². The molecule has 5 heterocycles. The predicted molar refractivity (Wildman–Crippen MR) is 155 cm³/mol. The van der Waals surface area contributed by atoms with Crippen molar-refractivity contribution in [2.75, 3.05) is 18.0 Å². The van der Waals surface area contributed by atoms with Crippen molar-refractivity contribution >= 4 is 22.6 Å². The first-order chi connectivity index (χ1) is 20.2. The second-order valence-corrected chi connectivity index (χ2v) is 11.6. The number of alkyl halides is 1. The van der Waals surface area contributed by atoms with Gasteiger partial charge in [0.25, 0.3) is 0 Å². The van der Waals surface area contributed by atoms with E-state index in [0.29, 0.717) is 65.6 Å². The van der Waals surface area contributed by atoms with Gasteiger partial charge in [0.05, 0.1) is 17.4 Å². The normalized spacial score (nSPS) is 14.5. The molecule has 11 heteroatoms. The molecule has 0 radical (unpaired) electrons. The first-order valence-corrected chi connectivity index (χ1v) is 14.0. The SMILES string of the molecule is CC(C)(C)c1nc(C(=O)CCc2ccc(-c3ccnc4nc(-c5ccc(N6CCC(F)CC6)cn5)[nH]c34)cc2F)no1. The molecule has 42 heavy (non-hydrogen) atoms. The fourth-order valence-electron chi connectivity index (χ4n) is 5.01. The maximum atomic E-state index is 15.2. The van der Waals surface area contributed by atoms with Gasteiger partial charge in [0.2, 0.25) is 17.5 Å². The quantitative estimate of drug-likeness (QED) is 0.228. The zero-order chi connectivity index (χ0) is 29.4. The van der Waals surface area contributed by atoms with Crippen LogP contribution in [0.1, 0.15) is 62.1 Å². The highest BCUT2D eigenvalue weighted by molar-refractivity contribution is 5.93. The molecule has 0 atom stereocenters. The van der Waals surface area contributed by atoms with Crippen molar-refractivity contribution in [2.24, 2.45) is 0 Å². The summed E-state index contributed by atoms with van der Waals surface area (Å²) in [4.78, 5) is 35.8. The highest BCUT2D eigenvalue weighted by Gasteiger charge is 2.24. The van der Waals surface area contributed by atoms with Gasteiger partial charge < -0.3 is 14.4 Å². The van der Waals surface area contributed by atoms with Crippen molar-refractivity contribution in [3.8, 4) is 22.6 Å². The Morgan fingerprint density at radius 2 is 1.90 bits per heavy atom. The Labute approximate surface area is 241 Å². The maximum Gasteiger partial charge on any atom is 0.238 e. The van der Waals surface area contributed by atoms with Crippen LogP contribution in [0.2, 0.25) is 0 Å². The van der Waals surface area contributed by atoms with Crippen LogP contribution in [-0.2, 0) is 11.8 Å². The molecule has 1 aromatic carbocycles. The van der Waals surface area contributed by atoms with E-state index in [1.165, 1.54) is 6.07 Å². The number of benzene rings is 1. The Bertz CT molecular complexity index is 1730. The Hall–Kier alpha value is -4.54. The highest BCUT2D eigenvalue weighted by atomic mass is 19.1. The number of ketones is 1. The Balaban J connectivity index is 1.18. The first-order valence-electron chi connectivity index (χ1n) is 14.0. The van der Waals surface area contributed by atoms with Crippen LogP contribution in [0.15, 0.2) is 53.3 Å². The molecule has 0 bridgehead atoms. The Morgan fingerprint density at radius 3 is 2.60 bits per heavy atom. The first kappa shape index (κ1) is 27.6. The average molecular weight is 572 g/mol. The summed E-state index contributed by atoms with van der Waals surface area (Å²) in [5.41, 5.74) is 4.20. The van der Waals surface area contributed by atoms with Crippen LogP contribution in [0.5, 0.6) is 0 Å². The summed E-state index contributed by atoms with van der Waals surface area (Å²) in [5.74, 6) is 0.226. The zero-order valence-corrected chi connectivity index (χ0v) is 23.7. The number of fused-ring (bicyclic) bond motifs is 1. The molecule has 1 aliphatic heterocycles. The molecule has 0 spiro atoms. The van der Waals surface area contributed by atoms with E-state index in [4.69, 9.17) is 4.52 Å². The number of piperidine rings is 1. The highest BCUT2D eigenvalue weighted by Crippen LogP contribution is 2.30. The van der Waals surface area contributed by atoms with Crippen molar-refractivity contribution in [1.82, 2.24) is 30.1 Å². The second-order valence-electron chi connectivity index (χ2n) is 11.6. The lowest BCUT2D eigenvalue weighted by Gasteiger charge is -2.30. The number of hydrogen-bond acceptors (Lipinski definition) is 8. The standard InChI is InChI=1S/C31H31F2N7O2/c1-31(2,3)30-38-28(39-42-30)25(41)9-6-18-4-5-19(16-23(18)33)22-10-13-34-29-26(22)36-27(37-29)24-8-7-21(17-35-24)40-14-11-20(32)12-15-40/h4-5,7-8,10,13,16-17,20H,6,9,11-12,14-15H2,1-3H3,(H,34,36,37). The molecule has 5 aromatic rings. The molecule has 0 amide bonds. The minimum atomic E-state index is -0.732. The lowest BCUT2D eigenvalue weighted by Crippen LogP contribution is -2.34. The van der Waals surface area contributed by atoms with Gasteiger partial charge in [0, 0.05) is 36.7 Å². The summed E-state index contributed by atoms with van der Waals surface area (Å²) < 4.78 is 33.9. The average Bonchev–Trinajstić information content (AvgIpc) is 3.65. The number of hydrogen-bond donors (Lipinski definition) is 1. The number of nitrogens with one attached hydrogen (secondary N) is 1. The summed E-state index contributed by atoms with van der Waals surface area (Å²) >= 11 is 0. The zero-order valence-electron chi connectivity index (χ0n) is 23.7. The van der Waals surface area contributed by atoms with E-state index in [1.807, 2.05) is 39.0 Å². The largest absolute Gasteiger partial charge is 0.370 e.